The Bertz CT molecular complexity index is 2040. The molecule has 0 saturated heterocycles. The molecule has 1 unspecified atom stereocenters. The Morgan fingerprint density at radius 1 is 1.00 bits per heavy atom. The molecule has 2 N–H and O–H groups in total. The molecule has 1 atom stereocenters. The van der Waals surface area contributed by atoms with Gasteiger partial charge in [-0.25, -0.2) is 17.2 Å². The van der Waals surface area contributed by atoms with Crippen LogP contribution in [0.5, 0.6) is 0 Å². The summed E-state index contributed by atoms with van der Waals surface area (Å²) >= 11 is 0. The summed E-state index contributed by atoms with van der Waals surface area (Å²) in [6, 6.07) is 16.2. The van der Waals surface area contributed by atoms with Crippen LogP contribution in [-0.2, 0) is 22.6 Å². The highest BCUT2D eigenvalue weighted by Crippen LogP contribution is 2.48. The highest BCUT2D eigenvalue weighted by molar-refractivity contribution is 7.89. The van der Waals surface area contributed by atoms with Crippen LogP contribution in [0.25, 0.3) is 22.0 Å². The Labute approximate surface area is 240 Å². The molecule has 5 aromatic rings. The number of fused-ring (bicyclic) bond motifs is 2. The van der Waals surface area contributed by atoms with E-state index in [9.17, 15) is 22.4 Å². The minimum atomic E-state index is -3.39. The molecule has 6 rings (SSSR count). The fraction of sp³-hybridized carbons (Fsp3) is 0.161. The molecule has 8 nitrogen and oxygen atoms in total. The molecule has 1 aliphatic heterocycles. The van der Waals surface area contributed by atoms with Crippen LogP contribution >= 0.6 is 0 Å². The molecule has 0 saturated carbocycles. The van der Waals surface area contributed by atoms with Crippen molar-refractivity contribution in [3.63, 3.8) is 0 Å². The number of rotatable bonds is 6. The first kappa shape index (κ1) is 27.4. The molecular weight excluding hydrogens is 562 g/mol. The van der Waals surface area contributed by atoms with Crippen molar-refractivity contribution in [3.05, 3.63) is 118 Å². The number of aromatic nitrogens is 2. The van der Waals surface area contributed by atoms with E-state index in [0.717, 1.165) is 18.4 Å². The summed E-state index contributed by atoms with van der Waals surface area (Å²) in [5.41, 5.74) is 3.28. The lowest BCUT2D eigenvalue weighted by Crippen LogP contribution is -2.36. The van der Waals surface area contributed by atoms with Gasteiger partial charge in [0.15, 0.2) is 9.84 Å². The van der Waals surface area contributed by atoms with E-state index in [2.05, 4.69) is 10.3 Å². The van der Waals surface area contributed by atoms with Crippen LogP contribution in [0, 0.1) is 11.6 Å². The van der Waals surface area contributed by atoms with Gasteiger partial charge < -0.3 is 19.8 Å². The average Bonchev–Trinajstić information content (AvgIpc) is 3.34. The van der Waals surface area contributed by atoms with Crippen molar-refractivity contribution >= 4 is 38.0 Å². The molecule has 1 amide bonds. The molecule has 11 heteroatoms. The molecule has 214 valence electrons. The molecule has 0 bridgehead atoms. The van der Waals surface area contributed by atoms with E-state index >= 15 is 4.39 Å². The average molecular weight is 589 g/mol. The van der Waals surface area contributed by atoms with Gasteiger partial charge in [-0.05, 0) is 42.0 Å². The number of hydrogen-bond acceptors (Lipinski definition) is 5. The van der Waals surface area contributed by atoms with E-state index in [4.69, 9.17) is 0 Å². The Hall–Kier alpha value is -4.77. The fourth-order valence-electron chi connectivity index (χ4n) is 5.62. The van der Waals surface area contributed by atoms with E-state index < -0.39 is 27.5 Å². The van der Waals surface area contributed by atoms with Crippen molar-refractivity contribution in [2.45, 2.75) is 11.8 Å². The predicted octanol–water partition coefficient (Wildman–Crippen LogP) is 4.98. The summed E-state index contributed by atoms with van der Waals surface area (Å²) < 4.78 is 55.4. The minimum Gasteiger partial charge on any atom is -0.356 e. The quantitative estimate of drug-likeness (QED) is 0.291. The summed E-state index contributed by atoms with van der Waals surface area (Å²) in [6.45, 7) is -0.00330. The summed E-state index contributed by atoms with van der Waals surface area (Å²) in [5, 5.41) is 3.51. The van der Waals surface area contributed by atoms with Gasteiger partial charge >= 0.3 is 0 Å². The molecule has 0 spiro atoms. The summed E-state index contributed by atoms with van der Waals surface area (Å²) in [5.74, 6) is -2.15. The lowest BCUT2D eigenvalue weighted by atomic mass is 9.98. The number of amides is 1. The predicted molar refractivity (Wildman–Crippen MR) is 158 cm³/mol. The first-order valence-electron chi connectivity index (χ1n) is 13.1. The largest absolute Gasteiger partial charge is 0.356 e. The number of carbonyl (C=O) groups excluding carboxylic acids is 1. The van der Waals surface area contributed by atoms with Crippen molar-refractivity contribution in [1.82, 2.24) is 14.9 Å². The Morgan fingerprint density at radius 3 is 2.45 bits per heavy atom. The van der Waals surface area contributed by atoms with Gasteiger partial charge in [-0.1, -0.05) is 24.3 Å². The number of halogens is 2. The zero-order valence-electron chi connectivity index (χ0n) is 22.7. The molecule has 42 heavy (non-hydrogen) atoms. The van der Waals surface area contributed by atoms with E-state index in [1.165, 1.54) is 10.6 Å². The molecule has 1 aliphatic rings. The molecule has 0 aliphatic carbocycles. The van der Waals surface area contributed by atoms with Crippen molar-refractivity contribution in [3.8, 4) is 11.1 Å². The third kappa shape index (κ3) is 4.85. The zero-order valence-corrected chi connectivity index (χ0v) is 23.5. The van der Waals surface area contributed by atoms with Gasteiger partial charge in [0.25, 0.3) is 11.5 Å². The van der Waals surface area contributed by atoms with Crippen LogP contribution in [0.4, 0.5) is 20.2 Å². The lowest BCUT2D eigenvalue weighted by Gasteiger charge is -2.34. The molecular formula is C31H26F2N4O4S. The van der Waals surface area contributed by atoms with Gasteiger partial charge in [-0.2, -0.15) is 0 Å². The number of hydrogen-bond donors (Lipinski definition) is 2. The number of sulfone groups is 1. The number of H-pyrrole nitrogens is 1. The van der Waals surface area contributed by atoms with Gasteiger partial charge in [0.2, 0.25) is 0 Å². The minimum absolute atomic E-state index is 0.00330. The third-order valence-corrected chi connectivity index (χ3v) is 8.27. The van der Waals surface area contributed by atoms with Gasteiger partial charge in [-0.15, -0.1) is 0 Å². The standard InChI is InChI=1S/C31H26F2N4O4S/c1-36-16-23-21-12-18(17-42(2,40)41)8-10-25(21)37(26-11-9-20(32)13-24(26)33)27(22-14-34-29(28(22)23)31(36)39)15-35-30(38)19-6-4-3-5-7-19/h3-14,16,27,34H,15,17H2,1-2H3,(H,35,38). The molecule has 3 aromatic carbocycles. The van der Waals surface area contributed by atoms with Gasteiger partial charge in [-0.3, -0.25) is 9.59 Å². The van der Waals surface area contributed by atoms with Crippen molar-refractivity contribution in [2.24, 2.45) is 7.05 Å². The van der Waals surface area contributed by atoms with E-state index in [1.807, 2.05) is 0 Å². The maximum Gasteiger partial charge on any atom is 0.274 e. The monoisotopic (exact) mass is 588 g/mol. The second-order valence-electron chi connectivity index (χ2n) is 10.4. The zero-order chi connectivity index (χ0) is 29.8. The van der Waals surface area contributed by atoms with Crippen molar-refractivity contribution in [2.75, 3.05) is 17.7 Å². The number of nitrogens with one attached hydrogen (secondary N) is 2. The van der Waals surface area contributed by atoms with Crippen LogP contribution < -0.4 is 15.8 Å². The number of aromatic amines is 1. The fourth-order valence-corrected chi connectivity index (χ4v) is 6.41. The number of anilines is 2. The third-order valence-electron chi connectivity index (χ3n) is 7.41. The van der Waals surface area contributed by atoms with Crippen LogP contribution in [-0.4, -0.2) is 36.7 Å². The molecule has 3 heterocycles. The first-order chi connectivity index (χ1) is 20.0. The maximum absolute atomic E-state index is 15.6. The van der Waals surface area contributed by atoms with Gasteiger partial charge in [0, 0.05) is 71.6 Å². The summed E-state index contributed by atoms with van der Waals surface area (Å²) in [4.78, 5) is 31.0. The highest BCUT2D eigenvalue weighted by atomic mass is 32.2. The molecule has 0 radical (unpaired) electrons. The number of nitrogens with zero attached hydrogens (tertiary/aromatic N) is 2. The first-order valence-corrected chi connectivity index (χ1v) is 15.2. The van der Waals surface area contributed by atoms with Crippen LogP contribution in [0.1, 0.15) is 27.5 Å². The lowest BCUT2D eigenvalue weighted by molar-refractivity contribution is 0.0951. The van der Waals surface area contributed by atoms with E-state index in [-0.39, 0.29) is 29.5 Å². The highest BCUT2D eigenvalue weighted by Gasteiger charge is 2.34. The molecule has 2 aromatic heterocycles. The SMILES string of the molecule is Cn1cc2c3c(c[nH]c3c1=O)C(CNC(=O)c1ccccc1)N(c1ccc(F)cc1F)c1ccc(CS(C)(=O)=O)cc1-2. The summed E-state index contributed by atoms with van der Waals surface area (Å²) in [7, 11) is -1.78. The Morgan fingerprint density at radius 2 is 1.74 bits per heavy atom. The second kappa shape index (κ2) is 10.3. The van der Waals surface area contributed by atoms with Gasteiger partial charge in [0.1, 0.15) is 17.2 Å². The van der Waals surface area contributed by atoms with Gasteiger partial charge in [0.05, 0.1) is 17.5 Å². The van der Waals surface area contributed by atoms with Crippen LogP contribution in [0.15, 0.2) is 83.9 Å². The summed E-state index contributed by atoms with van der Waals surface area (Å²) in [6.07, 6.45) is 4.46. The van der Waals surface area contributed by atoms with E-state index in [1.54, 1.807) is 72.9 Å². The van der Waals surface area contributed by atoms with E-state index in [0.29, 0.717) is 44.4 Å². The smallest absolute Gasteiger partial charge is 0.274 e. The molecule has 0 fully saturated rings. The number of aryl methyl sites for hydroxylation is 1. The number of pyridine rings is 1. The maximum atomic E-state index is 15.6. The van der Waals surface area contributed by atoms with Crippen LogP contribution in [0.3, 0.4) is 0 Å². The second-order valence-corrected chi connectivity index (χ2v) is 12.6. The number of benzene rings is 3. The Balaban J connectivity index is 1.62. The van der Waals surface area contributed by atoms with Crippen molar-refractivity contribution in [1.29, 1.82) is 0 Å². The normalized spacial score (nSPS) is 14.5. The van der Waals surface area contributed by atoms with Crippen molar-refractivity contribution < 1.29 is 22.0 Å². The topological polar surface area (TPSA) is 104 Å². The van der Waals surface area contributed by atoms with Crippen LogP contribution in [0.2, 0.25) is 0 Å². The number of carbonyl (C=O) groups is 1. The Kier molecular flexibility index (Phi) is 6.69.